The van der Waals surface area contributed by atoms with E-state index in [1.54, 1.807) is 24.3 Å². The van der Waals surface area contributed by atoms with Crippen molar-refractivity contribution in [1.29, 1.82) is 0 Å². The summed E-state index contributed by atoms with van der Waals surface area (Å²) in [4.78, 5) is 25.5. The first-order chi connectivity index (χ1) is 13.1. The maximum Gasteiger partial charge on any atom is 0.349 e. The van der Waals surface area contributed by atoms with Crippen LogP contribution >= 0.6 is 22.7 Å². The van der Waals surface area contributed by atoms with Crippen LogP contribution < -0.4 is 10.9 Å². The number of carbonyl (C=O) groups is 1. The molecule has 0 aliphatic carbocycles. The second kappa shape index (κ2) is 7.11. The summed E-state index contributed by atoms with van der Waals surface area (Å²) in [6.45, 7) is -0.0602. The summed E-state index contributed by atoms with van der Waals surface area (Å²) >= 11 is 2.87. The van der Waals surface area contributed by atoms with Crippen LogP contribution in [0.4, 0.5) is 0 Å². The summed E-state index contributed by atoms with van der Waals surface area (Å²) < 4.78 is 5.22. The minimum atomic E-state index is -1.36. The van der Waals surface area contributed by atoms with Crippen LogP contribution in [0.1, 0.15) is 20.8 Å². The van der Waals surface area contributed by atoms with E-state index in [0.29, 0.717) is 21.4 Å². The molecule has 1 aromatic carbocycles. The SMILES string of the molecule is O=C(NCC(O)(c1ccsc1)c1cccs1)c1cc2ccccc2oc1=O. The lowest BCUT2D eigenvalue weighted by atomic mass is 9.94. The molecule has 136 valence electrons. The second-order valence-corrected chi connectivity index (χ2v) is 7.75. The fraction of sp³-hybridized carbons (Fsp3) is 0.100. The van der Waals surface area contributed by atoms with Crippen molar-refractivity contribution in [3.05, 3.63) is 91.1 Å². The van der Waals surface area contributed by atoms with Crippen molar-refractivity contribution >= 4 is 39.5 Å². The molecule has 0 saturated carbocycles. The lowest BCUT2D eigenvalue weighted by Crippen LogP contribution is -2.42. The number of benzene rings is 1. The van der Waals surface area contributed by atoms with Crippen molar-refractivity contribution in [2.75, 3.05) is 6.54 Å². The quantitative estimate of drug-likeness (QED) is 0.505. The molecule has 0 fully saturated rings. The van der Waals surface area contributed by atoms with Crippen LogP contribution in [0.3, 0.4) is 0 Å². The van der Waals surface area contributed by atoms with Crippen molar-refractivity contribution in [1.82, 2.24) is 5.32 Å². The van der Waals surface area contributed by atoms with Gasteiger partial charge in [0.05, 0.1) is 6.54 Å². The van der Waals surface area contributed by atoms with E-state index in [1.165, 1.54) is 28.7 Å². The van der Waals surface area contributed by atoms with Crippen LogP contribution in [0.2, 0.25) is 0 Å². The Morgan fingerprint density at radius 2 is 2.00 bits per heavy atom. The van der Waals surface area contributed by atoms with Gasteiger partial charge in [-0.3, -0.25) is 4.79 Å². The van der Waals surface area contributed by atoms with E-state index in [2.05, 4.69) is 5.32 Å². The van der Waals surface area contributed by atoms with E-state index in [9.17, 15) is 14.7 Å². The number of thiophene rings is 2. The highest BCUT2D eigenvalue weighted by atomic mass is 32.1. The Bertz CT molecular complexity index is 1100. The van der Waals surface area contributed by atoms with Crippen molar-refractivity contribution in [2.45, 2.75) is 5.60 Å². The molecular weight excluding hydrogens is 382 g/mol. The summed E-state index contributed by atoms with van der Waals surface area (Å²) in [6, 6.07) is 14.0. The molecule has 1 unspecified atom stereocenters. The molecular formula is C20H15NO4S2. The van der Waals surface area contributed by atoms with E-state index < -0.39 is 17.1 Å². The molecule has 0 radical (unpaired) electrons. The Balaban J connectivity index is 1.63. The Kier molecular flexibility index (Phi) is 4.65. The van der Waals surface area contributed by atoms with E-state index in [0.717, 1.165) is 0 Å². The summed E-state index contributed by atoms with van der Waals surface area (Å²) in [6.07, 6.45) is 0. The molecule has 1 amide bonds. The first-order valence-electron chi connectivity index (χ1n) is 8.18. The van der Waals surface area contributed by atoms with Crippen LogP contribution in [0.25, 0.3) is 11.0 Å². The maximum absolute atomic E-state index is 12.6. The lowest BCUT2D eigenvalue weighted by molar-refractivity contribution is 0.0719. The van der Waals surface area contributed by atoms with Crippen molar-refractivity contribution in [2.24, 2.45) is 0 Å². The molecule has 3 aromatic heterocycles. The molecule has 27 heavy (non-hydrogen) atoms. The highest BCUT2D eigenvalue weighted by molar-refractivity contribution is 7.10. The molecule has 0 bridgehead atoms. The first-order valence-corrected chi connectivity index (χ1v) is 10.0. The molecule has 0 aliphatic rings. The molecule has 7 heteroatoms. The van der Waals surface area contributed by atoms with Crippen LogP contribution in [0, 0.1) is 0 Å². The van der Waals surface area contributed by atoms with Gasteiger partial charge in [0.1, 0.15) is 16.7 Å². The van der Waals surface area contributed by atoms with Crippen LogP contribution in [0.15, 0.2) is 73.9 Å². The largest absolute Gasteiger partial charge is 0.422 e. The minimum absolute atomic E-state index is 0.0602. The average molecular weight is 397 g/mol. The number of para-hydroxylation sites is 1. The molecule has 3 heterocycles. The van der Waals surface area contributed by atoms with Gasteiger partial charge in [0.15, 0.2) is 0 Å². The number of rotatable bonds is 5. The molecule has 0 saturated heterocycles. The molecule has 4 aromatic rings. The zero-order valence-electron chi connectivity index (χ0n) is 14.0. The predicted octanol–water partition coefficient (Wildman–Crippen LogP) is 3.58. The first kappa shape index (κ1) is 17.7. The second-order valence-electron chi connectivity index (χ2n) is 6.02. The summed E-state index contributed by atoms with van der Waals surface area (Å²) in [7, 11) is 0. The minimum Gasteiger partial charge on any atom is -0.422 e. The van der Waals surface area contributed by atoms with Gasteiger partial charge >= 0.3 is 5.63 Å². The third kappa shape index (κ3) is 3.32. The topological polar surface area (TPSA) is 79.5 Å². The molecule has 0 spiro atoms. The standard InChI is InChI=1S/C20H15NO4S2/c22-18(15-10-13-4-1-2-5-16(13)25-19(15)23)21-12-20(24,14-7-9-26-11-14)17-6-3-8-27-17/h1-11,24H,12H2,(H,21,22). The number of fused-ring (bicyclic) bond motifs is 1. The Morgan fingerprint density at radius 3 is 2.74 bits per heavy atom. The van der Waals surface area contributed by atoms with Gasteiger partial charge in [-0.2, -0.15) is 11.3 Å². The van der Waals surface area contributed by atoms with Gasteiger partial charge < -0.3 is 14.8 Å². The van der Waals surface area contributed by atoms with Gasteiger partial charge in [-0.05, 0) is 40.4 Å². The van der Waals surface area contributed by atoms with E-state index >= 15 is 0 Å². The fourth-order valence-corrected chi connectivity index (χ4v) is 4.44. The van der Waals surface area contributed by atoms with Gasteiger partial charge in [0, 0.05) is 15.8 Å². The predicted molar refractivity (Wildman–Crippen MR) is 106 cm³/mol. The molecule has 5 nitrogen and oxygen atoms in total. The van der Waals surface area contributed by atoms with Gasteiger partial charge in [0.25, 0.3) is 5.91 Å². The van der Waals surface area contributed by atoms with Gasteiger partial charge in [-0.25, -0.2) is 4.79 Å². The summed E-state index contributed by atoms with van der Waals surface area (Å²) in [5, 5.41) is 20.2. The van der Waals surface area contributed by atoms with E-state index in [-0.39, 0.29) is 12.1 Å². The van der Waals surface area contributed by atoms with Crippen LogP contribution in [0.5, 0.6) is 0 Å². The molecule has 1 atom stereocenters. The fourth-order valence-electron chi connectivity index (χ4n) is 2.87. The highest BCUT2D eigenvalue weighted by Gasteiger charge is 2.34. The van der Waals surface area contributed by atoms with Gasteiger partial charge in [-0.15, -0.1) is 11.3 Å². The normalized spacial score (nSPS) is 13.4. The number of aliphatic hydroxyl groups is 1. The molecule has 0 aliphatic heterocycles. The lowest BCUT2D eigenvalue weighted by Gasteiger charge is -2.26. The van der Waals surface area contributed by atoms with Crippen molar-refractivity contribution in [3.8, 4) is 0 Å². The summed E-state index contributed by atoms with van der Waals surface area (Å²) in [5.41, 5.74) is -1.04. The van der Waals surface area contributed by atoms with E-state index in [1.807, 2.05) is 34.3 Å². The number of nitrogens with one attached hydrogen (secondary N) is 1. The number of hydrogen-bond donors (Lipinski definition) is 2. The van der Waals surface area contributed by atoms with E-state index in [4.69, 9.17) is 4.42 Å². The Morgan fingerprint density at radius 1 is 1.15 bits per heavy atom. The molecule has 2 N–H and O–H groups in total. The number of amides is 1. The van der Waals surface area contributed by atoms with Gasteiger partial charge in [-0.1, -0.05) is 24.3 Å². The monoisotopic (exact) mass is 397 g/mol. The summed E-state index contributed by atoms with van der Waals surface area (Å²) in [5.74, 6) is -0.584. The maximum atomic E-state index is 12.6. The number of hydrogen-bond acceptors (Lipinski definition) is 6. The Labute approximate surface area is 162 Å². The number of carbonyl (C=O) groups excluding carboxylic acids is 1. The average Bonchev–Trinajstić information content (AvgIpc) is 3.39. The third-order valence-corrected chi connectivity index (χ3v) is 6.02. The van der Waals surface area contributed by atoms with Crippen molar-refractivity contribution in [3.63, 3.8) is 0 Å². The Hall–Kier alpha value is -2.74. The van der Waals surface area contributed by atoms with Crippen LogP contribution in [-0.4, -0.2) is 17.6 Å². The van der Waals surface area contributed by atoms with Gasteiger partial charge in [0.2, 0.25) is 0 Å². The highest BCUT2D eigenvalue weighted by Crippen LogP contribution is 2.33. The zero-order chi connectivity index (χ0) is 18.9. The van der Waals surface area contributed by atoms with Crippen LogP contribution in [-0.2, 0) is 5.60 Å². The molecule has 4 rings (SSSR count). The van der Waals surface area contributed by atoms with Crippen molar-refractivity contribution < 1.29 is 14.3 Å². The smallest absolute Gasteiger partial charge is 0.349 e. The zero-order valence-corrected chi connectivity index (χ0v) is 15.7. The third-order valence-electron chi connectivity index (χ3n) is 4.32.